The standard InChI is InChI=1S/C25H28BrClN4O2S/c26-21-7-5-19(6-8-21)24-29-23(33-30-24)16-31-12-9-20(10-13-31)25(32)28-11-2-14-34-17-18-3-1-4-22(27)15-18/h1,3-8,15,20H,2,9-14,16-17H2,(H,28,32). The number of carbonyl (C=O) groups excluding carboxylic acids is 1. The average Bonchev–Trinajstić information content (AvgIpc) is 3.30. The molecule has 1 amide bonds. The van der Waals surface area contributed by atoms with Crippen LogP contribution in [0.5, 0.6) is 0 Å². The van der Waals surface area contributed by atoms with E-state index in [0.717, 1.165) is 65.5 Å². The number of aromatic nitrogens is 2. The summed E-state index contributed by atoms with van der Waals surface area (Å²) < 4.78 is 6.46. The van der Waals surface area contributed by atoms with Gasteiger partial charge in [0.05, 0.1) is 6.54 Å². The van der Waals surface area contributed by atoms with E-state index in [2.05, 4.69) is 42.4 Å². The zero-order chi connectivity index (χ0) is 23.8. The summed E-state index contributed by atoms with van der Waals surface area (Å²) >= 11 is 11.3. The first-order valence-electron chi connectivity index (χ1n) is 11.5. The number of hydrogen-bond donors (Lipinski definition) is 1. The van der Waals surface area contributed by atoms with Gasteiger partial charge in [0.15, 0.2) is 0 Å². The monoisotopic (exact) mass is 562 g/mol. The molecule has 9 heteroatoms. The van der Waals surface area contributed by atoms with Crippen molar-refractivity contribution in [3.05, 3.63) is 69.5 Å². The Balaban J connectivity index is 1.11. The molecule has 180 valence electrons. The fraction of sp³-hybridized carbons (Fsp3) is 0.400. The van der Waals surface area contributed by atoms with Crippen LogP contribution in [0, 0.1) is 5.92 Å². The Kier molecular flexibility index (Phi) is 9.44. The molecule has 6 nitrogen and oxygen atoms in total. The third-order valence-electron chi connectivity index (χ3n) is 5.81. The minimum absolute atomic E-state index is 0.0800. The number of nitrogens with one attached hydrogen (secondary N) is 1. The summed E-state index contributed by atoms with van der Waals surface area (Å²) in [6.07, 6.45) is 2.67. The molecule has 1 N–H and O–H groups in total. The van der Waals surface area contributed by atoms with Gasteiger partial charge in [-0.1, -0.05) is 44.8 Å². The summed E-state index contributed by atoms with van der Waals surface area (Å²) in [4.78, 5) is 19.3. The van der Waals surface area contributed by atoms with Gasteiger partial charge >= 0.3 is 0 Å². The predicted octanol–water partition coefficient (Wildman–Crippen LogP) is 5.80. The van der Waals surface area contributed by atoms with Gasteiger partial charge in [-0.2, -0.15) is 16.7 Å². The van der Waals surface area contributed by atoms with Gasteiger partial charge in [-0.3, -0.25) is 9.69 Å². The number of benzene rings is 2. The van der Waals surface area contributed by atoms with E-state index < -0.39 is 0 Å². The van der Waals surface area contributed by atoms with E-state index in [9.17, 15) is 4.79 Å². The smallest absolute Gasteiger partial charge is 0.241 e. The van der Waals surface area contributed by atoms with E-state index in [1.54, 1.807) is 0 Å². The molecule has 1 aliphatic rings. The van der Waals surface area contributed by atoms with E-state index in [1.807, 2.05) is 54.2 Å². The molecule has 2 heterocycles. The fourth-order valence-electron chi connectivity index (χ4n) is 3.93. The lowest BCUT2D eigenvalue weighted by molar-refractivity contribution is -0.126. The van der Waals surface area contributed by atoms with Crippen LogP contribution < -0.4 is 5.32 Å². The average molecular weight is 564 g/mol. The second-order valence-electron chi connectivity index (χ2n) is 8.40. The number of nitrogens with zero attached hydrogens (tertiary/aromatic N) is 3. The van der Waals surface area contributed by atoms with Gasteiger partial charge < -0.3 is 9.84 Å². The van der Waals surface area contributed by atoms with Crippen LogP contribution in [0.3, 0.4) is 0 Å². The maximum Gasteiger partial charge on any atom is 0.241 e. The molecular weight excluding hydrogens is 536 g/mol. The number of hydrogen-bond acceptors (Lipinski definition) is 6. The molecule has 0 radical (unpaired) electrons. The van der Waals surface area contributed by atoms with Gasteiger partial charge in [0.1, 0.15) is 0 Å². The van der Waals surface area contributed by atoms with E-state index in [1.165, 1.54) is 5.56 Å². The lowest BCUT2D eigenvalue weighted by atomic mass is 9.96. The van der Waals surface area contributed by atoms with E-state index >= 15 is 0 Å². The predicted molar refractivity (Wildman–Crippen MR) is 141 cm³/mol. The quantitative estimate of drug-likeness (QED) is 0.314. The second kappa shape index (κ2) is 12.7. The van der Waals surface area contributed by atoms with Gasteiger partial charge in [-0.05, 0) is 80.1 Å². The topological polar surface area (TPSA) is 71.3 Å². The Labute approximate surface area is 218 Å². The molecule has 2 aromatic carbocycles. The third-order valence-corrected chi connectivity index (χ3v) is 7.69. The second-order valence-corrected chi connectivity index (χ2v) is 10.9. The van der Waals surface area contributed by atoms with Crippen LogP contribution >= 0.6 is 39.3 Å². The highest BCUT2D eigenvalue weighted by molar-refractivity contribution is 9.10. The van der Waals surface area contributed by atoms with Crippen LogP contribution in [0.2, 0.25) is 5.02 Å². The molecule has 4 rings (SSSR count). The minimum Gasteiger partial charge on any atom is -0.356 e. The van der Waals surface area contributed by atoms with Crippen molar-refractivity contribution in [2.24, 2.45) is 5.92 Å². The van der Waals surface area contributed by atoms with Crippen molar-refractivity contribution in [1.82, 2.24) is 20.4 Å². The van der Waals surface area contributed by atoms with Crippen LogP contribution in [0.1, 0.15) is 30.7 Å². The maximum absolute atomic E-state index is 12.5. The molecule has 3 aromatic rings. The molecule has 1 fully saturated rings. The summed E-state index contributed by atoms with van der Waals surface area (Å²) in [6, 6.07) is 15.8. The first-order chi connectivity index (χ1) is 16.6. The first kappa shape index (κ1) is 25.2. The lowest BCUT2D eigenvalue weighted by Crippen LogP contribution is -2.40. The van der Waals surface area contributed by atoms with Crippen molar-refractivity contribution in [2.75, 3.05) is 25.4 Å². The molecule has 1 aliphatic heterocycles. The summed E-state index contributed by atoms with van der Waals surface area (Å²) in [5.41, 5.74) is 2.16. The van der Waals surface area contributed by atoms with Gasteiger partial charge in [0.2, 0.25) is 17.6 Å². The Morgan fingerprint density at radius 1 is 1.21 bits per heavy atom. The van der Waals surface area contributed by atoms with Gasteiger partial charge in [0.25, 0.3) is 0 Å². The number of rotatable bonds is 10. The normalized spacial score (nSPS) is 14.9. The van der Waals surface area contributed by atoms with Crippen LogP contribution in [0.25, 0.3) is 11.4 Å². The number of amides is 1. The molecule has 0 atom stereocenters. The Bertz CT molecular complexity index is 1070. The van der Waals surface area contributed by atoms with Crippen molar-refractivity contribution >= 4 is 45.2 Å². The highest BCUT2D eigenvalue weighted by Crippen LogP contribution is 2.22. The highest BCUT2D eigenvalue weighted by atomic mass is 79.9. The number of piperidine rings is 1. The molecule has 0 spiro atoms. The van der Waals surface area contributed by atoms with Crippen LogP contribution in [0.4, 0.5) is 0 Å². The number of carbonyl (C=O) groups is 1. The van der Waals surface area contributed by atoms with Gasteiger partial charge in [-0.25, -0.2) is 0 Å². The van der Waals surface area contributed by atoms with Crippen LogP contribution in [-0.2, 0) is 17.1 Å². The summed E-state index contributed by atoms with van der Waals surface area (Å²) in [6.45, 7) is 3.04. The molecule has 1 aromatic heterocycles. The fourth-order valence-corrected chi connectivity index (χ4v) is 5.31. The summed E-state index contributed by atoms with van der Waals surface area (Å²) in [7, 11) is 0. The first-order valence-corrected chi connectivity index (χ1v) is 13.8. The zero-order valence-corrected chi connectivity index (χ0v) is 22.0. The number of halogens is 2. The molecular formula is C25H28BrClN4O2S. The van der Waals surface area contributed by atoms with Crippen LogP contribution in [0.15, 0.2) is 57.5 Å². The molecule has 0 aliphatic carbocycles. The molecule has 0 saturated carbocycles. The SMILES string of the molecule is O=C(NCCCSCc1cccc(Cl)c1)C1CCN(Cc2nc(-c3ccc(Br)cc3)no2)CC1. The number of likely N-dealkylation sites (tertiary alicyclic amines) is 1. The van der Waals surface area contributed by atoms with E-state index in [0.29, 0.717) is 18.3 Å². The Hall–Kier alpha value is -1.87. The van der Waals surface area contributed by atoms with Gasteiger partial charge in [-0.15, -0.1) is 0 Å². The van der Waals surface area contributed by atoms with Crippen molar-refractivity contribution in [3.8, 4) is 11.4 Å². The van der Waals surface area contributed by atoms with Crippen LogP contribution in [-0.4, -0.2) is 46.3 Å². The van der Waals surface area contributed by atoms with Crippen molar-refractivity contribution < 1.29 is 9.32 Å². The minimum atomic E-state index is 0.0800. The van der Waals surface area contributed by atoms with E-state index in [-0.39, 0.29) is 11.8 Å². The van der Waals surface area contributed by atoms with Crippen molar-refractivity contribution in [2.45, 2.75) is 31.6 Å². The Morgan fingerprint density at radius 2 is 2.00 bits per heavy atom. The molecule has 0 unspecified atom stereocenters. The molecule has 34 heavy (non-hydrogen) atoms. The largest absolute Gasteiger partial charge is 0.356 e. The highest BCUT2D eigenvalue weighted by Gasteiger charge is 2.25. The molecule has 0 bridgehead atoms. The Morgan fingerprint density at radius 3 is 2.76 bits per heavy atom. The molecule has 1 saturated heterocycles. The van der Waals surface area contributed by atoms with Gasteiger partial charge in [0, 0.05) is 33.3 Å². The number of thioether (sulfide) groups is 1. The van der Waals surface area contributed by atoms with Crippen molar-refractivity contribution in [3.63, 3.8) is 0 Å². The third kappa shape index (κ3) is 7.57. The van der Waals surface area contributed by atoms with Crippen molar-refractivity contribution in [1.29, 1.82) is 0 Å². The lowest BCUT2D eigenvalue weighted by Gasteiger charge is -2.30. The summed E-state index contributed by atoms with van der Waals surface area (Å²) in [5, 5.41) is 7.99. The maximum atomic E-state index is 12.5. The zero-order valence-electron chi connectivity index (χ0n) is 18.9. The van der Waals surface area contributed by atoms with E-state index in [4.69, 9.17) is 16.1 Å². The summed E-state index contributed by atoms with van der Waals surface area (Å²) in [5.74, 6) is 3.42.